The van der Waals surface area contributed by atoms with Crippen LogP contribution >= 0.6 is 0 Å². The van der Waals surface area contributed by atoms with E-state index in [1.165, 1.54) is 18.4 Å². The van der Waals surface area contributed by atoms with Crippen LogP contribution in [-0.2, 0) is 9.47 Å². The standard InChI is InChI=1S/C13H16O2/c1-2-6-11(7-3-1)12-10-14-13(15-12)8-4-5-9-13/h1-3,6-7,12H,4-5,8-10H2. The minimum Gasteiger partial charge on any atom is -0.347 e. The molecule has 15 heavy (non-hydrogen) atoms. The van der Waals surface area contributed by atoms with E-state index in [1.54, 1.807) is 0 Å². The molecule has 1 atom stereocenters. The van der Waals surface area contributed by atoms with Gasteiger partial charge >= 0.3 is 0 Å². The summed E-state index contributed by atoms with van der Waals surface area (Å²) >= 11 is 0. The SMILES string of the molecule is c1ccc(C2COC3(CCCC3)O2)cc1. The molecule has 1 heterocycles. The van der Waals surface area contributed by atoms with Gasteiger partial charge in [-0.2, -0.15) is 0 Å². The van der Waals surface area contributed by atoms with Crippen LogP contribution in [0.15, 0.2) is 30.3 Å². The molecule has 0 aromatic heterocycles. The van der Waals surface area contributed by atoms with Crippen LogP contribution in [0.5, 0.6) is 0 Å². The van der Waals surface area contributed by atoms with Gasteiger partial charge in [-0.3, -0.25) is 0 Å². The van der Waals surface area contributed by atoms with Crippen LogP contribution in [0.4, 0.5) is 0 Å². The largest absolute Gasteiger partial charge is 0.347 e. The van der Waals surface area contributed by atoms with Gasteiger partial charge in [0.15, 0.2) is 5.79 Å². The summed E-state index contributed by atoms with van der Waals surface area (Å²) in [7, 11) is 0. The Morgan fingerprint density at radius 3 is 2.53 bits per heavy atom. The lowest BCUT2D eigenvalue weighted by Gasteiger charge is -2.21. The maximum Gasteiger partial charge on any atom is 0.169 e. The molecule has 1 aliphatic carbocycles. The second-order valence-corrected chi connectivity index (χ2v) is 4.45. The van der Waals surface area contributed by atoms with Crippen molar-refractivity contribution in [2.24, 2.45) is 0 Å². The Labute approximate surface area is 90.2 Å². The molecule has 1 saturated carbocycles. The normalized spacial score (nSPS) is 28.7. The molecule has 1 unspecified atom stereocenters. The molecule has 2 nitrogen and oxygen atoms in total. The van der Waals surface area contributed by atoms with Crippen molar-refractivity contribution in [1.82, 2.24) is 0 Å². The molecule has 1 spiro atoms. The van der Waals surface area contributed by atoms with Crippen LogP contribution in [0.3, 0.4) is 0 Å². The summed E-state index contributed by atoms with van der Waals surface area (Å²) in [5, 5.41) is 0. The molecule has 3 rings (SSSR count). The molecule has 0 amide bonds. The highest BCUT2D eigenvalue weighted by molar-refractivity contribution is 5.18. The van der Waals surface area contributed by atoms with Gasteiger partial charge in [0.1, 0.15) is 6.10 Å². The van der Waals surface area contributed by atoms with Crippen LogP contribution < -0.4 is 0 Å². The summed E-state index contributed by atoms with van der Waals surface area (Å²) in [5.74, 6) is -0.236. The summed E-state index contributed by atoms with van der Waals surface area (Å²) in [6.45, 7) is 0.712. The topological polar surface area (TPSA) is 18.5 Å². The van der Waals surface area contributed by atoms with Crippen molar-refractivity contribution < 1.29 is 9.47 Å². The van der Waals surface area contributed by atoms with E-state index in [9.17, 15) is 0 Å². The Morgan fingerprint density at radius 2 is 1.80 bits per heavy atom. The zero-order valence-electron chi connectivity index (χ0n) is 8.82. The van der Waals surface area contributed by atoms with Crippen molar-refractivity contribution in [3.05, 3.63) is 35.9 Å². The fourth-order valence-electron chi connectivity index (χ4n) is 2.56. The van der Waals surface area contributed by atoms with Crippen molar-refractivity contribution in [1.29, 1.82) is 0 Å². The molecule has 0 bridgehead atoms. The van der Waals surface area contributed by atoms with Crippen LogP contribution in [0.2, 0.25) is 0 Å². The maximum atomic E-state index is 6.07. The average molecular weight is 204 g/mol. The van der Waals surface area contributed by atoms with Gasteiger partial charge in [-0.15, -0.1) is 0 Å². The zero-order chi connectivity index (χ0) is 10.1. The summed E-state index contributed by atoms with van der Waals surface area (Å²) in [6, 6.07) is 10.4. The van der Waals surface area contributed by atoms with Crippen LogP contribution in [0.25, 0.3) is 0 Å². The van der Waals surface area contributed by atoms with E-state index in [-0.39, 0.29) is 11.9 Å². The maximum absolute atomic E-state index is 6.07. The van der Waals surface area contributed by atoms with Crippen molar-refractivity contribution in [2.75, 3.05) is 6.61 Å². The van der Waals surface area contributed by atoms with Crippen molar-refractivity contribution >= 4 is 0 Å². The lowest BCUT2D eigenvalue weighted by atomic mass is 10.1. The number of benzene rings is 1. The lowest BCUT2D eigenvalue weighted by molar-refractivity contribution is -0.162. The lowest BCUT2D eigenvalue weighted by Crippen LogP contribution is -2.25. The minimum atomic E-state index is -0.236. The number of rotatable bonds is 1. The van der Waals surface area contributed by atoms with Crippen LogP contribution in [0, 0.1) is 0 Å². The van der Waals surface area contributed by atoms with E-state index in [4.69, 9.17) is 9.47 Å². The minimum absolute atomic E-state index is 0.143. The third-order valence-corrected chi connectivity index (χ3v) is 3.39. The zero-order valence-corrected chi connectivity index (χ0v) is 8.82. The highest BCUT2D eigenvalue weighted by Crippen LogP contribution is 2.43. The summed E-state index contributed by atoms with van der Waals surface area (Å²) in [4.78, 5) is 0. The van der Waals surface area contributed by atoms with E-state index in [0.29, 0.717) is 6.61 Å². The number of hydrogen-bond acceptors (Lipinski definition) is 2. The van der Waals surface area contributed by atoms with Crippen molar-refractivity contribution in [3.8, 4) is 0 Å². The molecule has 1 aromatic rings. The van der Waals surface area contributed by atoms with Crippen molar-refractivity contribution in [3.63, 3.8) is 0 Å². The van der Waals surface area contributed by atoms with Gasteiger partial charge in [-0.1, -0.05) is 30.3 Å². The van der Waals surface area contributed by atoms with Gasteiger partial charge in [-0.25, -0.2) is 0 Å². The molecule has 2 heteroatoms. The predicted octanol–water partition coefficient (Wildman–Crippen LogP) is 3.04. The first kappa shape index (κ1) is 9.37. The molecule has 1 aromatic carbocycles. The highest BCUT2D eigenvalue weighted by Gasteiger charge is 2.43. The second kappa shape index (κ2) is 3.62. The number of hydrogen-bond donors (Lipinski definition) is 0. The first-order chi connectivity index (χ1) is 7.38. The smallest absolute Gasteiger partial charge is 0.169 e. The second-order valence-electron chi connectivity index (χ2n) is 4.45. The molecule has 0 radical (unpaired) electrons. The Bertz CT molecular complexity index is 328. The quantitative estimate of drug-likeness (QED) is 0.700. The Hall–Kier alpha value is -0.860. The van der Waals surface area contributed by atoms with Gasteiger partial charge in [-0.05, 0) is 18.4 Å². The fraction of sp³-hybridized carbons (Fsp3) is 0.538. The third-order valence-electron chi connectivity index (χ3n) is 3.39. The highest BCUT2D eigenvalue weighted by atomic mass is 16.7. The third kappa shape index (κ3) is 1.68. The monoisotopic (exact) mass is 204 g/mol. The van der Waals surface area contributed by atoms with E-state index in [2.05, 4.69) is 24.3 Å². The van der Waals surface area contributed by atoms with Crippen LogP contribution in [-0.4, -0.2) is 12.4 Å². The van der Waals surface area contributed by atoms with Gasteiger partial charge in [0.25, 0.3) is 0 Å². The first-order valence-electron chi connectivity index (χ1n) is 5.75. The van der Waals surface area contributed by atoms with Gasteiger partial charge in [0, 0.05) is 12.8 Å². The Morgan fingerprint density at radius 1 is 1.07 bits per heavy atom. The molecule has 0 N–H and O–H groups in total. The van der Waals surface area contributed by atoms with Gasteiger partial charge < -0.3 is 9.47 Å². The molecular formula is C13H16O2. The van der Waals surface area contributed by atoms with E-state index in [1.807, 2.05) is 6.07 Å². The molecule has 1 saturated heterocycles. The fourth-order valence-corrected chi connectivity index (χ4v) is 2.56. The summed E-state index contributed by atoms with van der Waals surface area (Å²) in [5.41, 5.74) is 1.24. The van der Waals surface area contributed by atoms with Gasteiger partial charge in [0.05, 0.1) is 6.61 Å². The molecule has 2 fully saturated rings. The Balaban J connectivity index is 1.76. The average Bonchev–Trinajstić information content (AvgIpc) is 2.91. The first-order valence-corrected chi connectivity index (χ1v) is 5.75. The molecule has 2 aliphatic rings. The Kier molecular flexibility index (Phi) is 2.26. The molecule has 80 valence electrons. The van der Waals surface area contributed by atoms with E-state index < -0.39 is 0 Å². The van der Waals surface area contributed by atoms with E-state index >= 15 is 0 Å². The van der Waals surface area contributed by atoms with Crippen LogP contribution in [0.1, 0.15) is 37.4 Å². The summed E-state index contributed by atoms with van der Waals surface area (Å²) < 4.78 is 11.9. The number of ether oxygens (including phenoxy) is 2. The summed E-state index contributed by atoms with van der Waals surface area (Å²) in [6.07, 6.45) is 4.75. The van der Waals surface area contributed by atoms with Crippen molar-refractivity contribution in [2.45, 2.75) is 37.6 Å². The molecule has 1 aliphatic heterocycles. The van der Waals surface area contributed by atoms with Gasteiger partial charge in [0.2, 0.25) is 0 Å². The van der Waals surface area contributed by atoms with E-state index in [0.717, 1.165) is 12.8 Å². The predicted molar refractivity (Wildman–Crippen MR) is 57.4 cm³/mol. The molecular weight excluding hydrogens is 188 g/mol.